The van der Waals surface area contributed by atoms with E-state index >= 15 is 0 Å². The molecule has 0 aliphatic carbocycles. The molecule has 0 saturated heterocycles. The van der Waals surface area contributed by atoms with Crippen LogP contribution < -0.4 is 0 Å². The van der Waals surface area contributed by atoms with Crippen LogP contribution in [0.4, 0.5) is 0 Å². The smallest absolute Gasteiger partial charge is 0.191 e. The third-order valence-corrected chi connectivity index (χ3v) is 1.28. The lowest BCUT2D eigenvalue weighted by atomic mass is 10.1. The molecule has 0 saturated carbocycles. The summed E-state index contributed by atoms with van der Waals surface area (Å²) in [4.78, 5) is 4.18. The number of hydrogen-bond acceptors (Lipinski definition) is 2. The summed E-state index contributed by atoms with van der Waals surface area (Å²) < 4.78 is 5.05. The number of oxazole rings is 1. The first kappa shape index (κ1) is 7.32. The molecule has 0 N–H and O–H groups in total. The van der Waals surface area contributed by atoms with Gasteiger partial charge in [0, 0.05) is 6.92 Å². The van der Waals surface area contributed by atoms with E-state index in [1.165, 1.54) is 0 Å². The van der Waals surface area contributed by atoms with E-state index in [2.05, 4.69) is 18.8 Å². The molecule has 2 nitrogen and oxygen atoms in total. The quantitative estimate of drug-likeness (QED) is 0.627. The Morgan fingerprint density at radius 2 is 2.30 bits per heavy atom. The highest BCUT2D eigenvalue weighted by Gasteiger charge is 2.01. The van der Waals surface area contributed by atoms with E-state index in [-0.39, 0.29) is 0 Å². The van der Waals surface area contributed by atoms with E-state index in [4.69, 9.17) is 4.42 Å². The van der Waals surface area contributed by atoms with Gasteiger partial charge in [0.1, 0.15) is 6.26 Å². The first-order chi connectivity index (χ1) is 4.68. The van der Waals surface area contributed by atoms with Crippen molar-refractivity contribution in [3.05, 3.63) is 17.8 Å². The van der Waals surface area contributed by atoms with E-state index in [0.29, 0.717) is 5.92 Å². The Morgan fingerprint density at radius 1 is 1.60 bits per heavy atom. The Morgan fingerprint density at radius 3 is 2.70 bits per heavy atom. The molecule has 56 valence electrons. The van der Waals surface area contributed by atoms with Crippen LogP contribution in [0.3, 0.4) is 0 Å². The van der Waals surface area contributed by atoms with Gasteiger partial charge in [0.05, 0.1) is 5.69 Å². The summed E-state index contributed by atoms with van der Waals surface area (Å²) in [6.07, 6.45) is 2.74. The summed E-state index contributed by atoms with van der Waals surface area (Å²) >= 11 is 0. The van der Waals surface area contributed by atoms with E-state index < -0.39 is 0 Å². The van der Waals surface area contributed by atoms with Crippen LogP contribution in [0.25, 0.3) is 0 Å². The summed E-state index contributed by atoms with van der Waals surface area (Å²) in [5, 5.41) is 0. The van der Waals surface area contributed by atoms with Crippen molar-refractivity contribution in [2.24, 2.45) is 5.92 Å². The minimum absolute atomic E-state index is 0.657. The van der Waals surface area contributed by atoms with Crippen LogP contribution in [-0.4, -0.2) is 4.98 Å². The van der Waals surface area contributed by atoms with Crippen molar-refractivity contribution in [1.82, 2.24) is 4.98 Å². The summed E-state index contributed by atoms with van der Waals surface area (Å²) in [7, 11) is 0. The van der Waals surface area contributed by atoms with Gasteiger partial charge in [-0.15, -0.1) is 0 Å². The van der Waals surface area contributed by atoms with Crippen LogP contribution in [0.2, 0.25) is 0 Å². The van der Waals surface area contributed by atoms with Gasteiger partial charge in [-0.25, -0.2) is 4.98 Å². The summed E-state index contributed by atoms with van der Waals surface area (Å²) in [6, 6.07) is 0. The third kappa shape index (κ3) is 1.87. The van der Waals surface area contributed by atoms with Gasteiger partial charge in [0.25, 0.3) is 0 Å². The van der Waals surface area contributed by atoms with E-state index in [9.17, 15) is 0 Å². The molecule has 0 atom stereocenters. The fourth-order valence-electron chi connectivity index (χ4n) is 0.920. The van der Waals surface area contributed by atoms with Gasteiger partial charge in [-0.1, -0.05) is 13.8 Å². The topological polar surface area (TPSA) is 26.0 Å². The van der Waals surface area contributed by atoms with Crippen LogP contribution in [0.1, 0.15) is 25.4 Å². The Labute approximate surface area is 61.3 Å². The van der Waals surface area contributed by atoms with Crippen LogP contribution in [-0.2, 0) is 6.42 Å². The molecule has 0 aromatic carbocycles. The predicted molar refractivity (Wildman–Crippen MR) is 39.8 cm³/mol. The molecule has 0 bridgehead atoms. The van der Waals surface area contributed by atoms with Gasteiger partial charge in [0.2, 0.25) is 0 Å². The average Bonchev–Trinajstić information content (AvgIpc) is 2.13. The maximum Gasteiger partial charge on any atom is 0.191 e. The van der Waals surface area contributed by atoms with Gasteiger partial charge in [-0.05, 0) is 12.3 Å². The number of aromatic nitrogens is 1. The molecule has 10 heavy (non-hydrogen) atoms. The fourth-order valence-corrected chi connectivity index (χ4v) is 0.920. The predicted octanol–water partition coefficient (Wildman–Crippen LogP) is 2.18. The van der Waals surface area contributed by atoms with Crippen molar-refractivity contribution in [2.75, 3.05) is 0 Å². The standard InChI is InChI=1S/C8H13NO/c1-6(2)4-8-5-10-7(3)9-8/h5-6H,4H2,1-3H3. The maximum atomic E-state index is 5.05. The molecule has 2 heteroatoms. The molecular weight excluding hydrogens is 126 g/mol. The van der Waals surface area contributed by atoms with Gasteiger partial charge in [-0.3, -0.25) is 0 Å². The van der Waals surface area contributed by atoms with Crippen molar-refractivity contribution < 1.29 is 4.42 Å². The molecule has 0 aliphatic rings. The van der Waals surface area contributed by atoms with E-state index in [1.54, 1.807) is 6.26 Å². The molecule has 1 rings (SSSR count). The lowest BCUT2D eigenvalue weighted by Gasteiger charge is -1.97. The second-order valence-corrected chi connectivity index (χ2v) is 2.96. The molecular formula is C8H13NO. The summed E-state index contributed by atoms with van der Waals surface area (Å²) in [5.74, 6) is 1.42. The zero-order valence-electron chi connectivity index (χ0n) is 6.72. The van der Waals surface area contributed by atoms with Gasteiger partial charge < -0.3 is 4.42 Å². The molecule has 0 unspecified atom stereocenters. The van der Waals surface area contributed by atoms with Crippen molar-refractivity contribution in [3.63, 3.8) is 0 Å². The van der Waals surface area contributed by atoms with E-state index in [0.717, 1.165) is 18.0 Å². The van der Waals surface area contributed by atoms with Crippen molar-refractivity contribution in [3.8, 4) is 0 Å². The zero-order chi connectivity index (χ0) is 7.56. The largest absolute Gasteiger partial charge is 0.449 e. The van der Waals surface area contributed by atoms with Crippen molar-refractivity contribution in [2.45, 2.75) is 27.2 Å². The van der Waals surface area contributed by atoms with E-state index in [1.807, 2.05) is 6.92 Å². The summed E-state index contributed by atoms with van der Waals surface area (Å²) in [6.45, 7) is 6.21. The normalized spacial score (nSPS) is 10.8. The van der Waals surface area contributed by atoms with Gasteiger partial charge in [-0.2, -0.15) is 0 Å². The molecule has 0 radical (unpaired) electrons. The number of rotatable bonds is 2. The van der Waals surface area contributed by atoms with Gasteiger partial charge >= 0.3 is 0 Å². The zero-order valence-corrected chi connectivity index (χ0v) is 6.72. The highest BCUT2D eigenvalue weighted by atomic mass is 16.3. The molecule has 1 heterocycles. The number of hydrogen-bond donors (Lipinski definition) is 0. The lowest BCUT2D eigenvalue weighted by molar-refractivity contribution is 0.519. The number of nitrogens with zero attached hydrogens (tertiary/aromatic N) is 1. The second-order valence-electron chi connectivity index (χ2n) is 2.96. The average molecular weight is 139 g/mol. The van der Waals surface area contributed by atoms with Gasteiger partial charge in [0.15, 0.2) is 5.89 Å². The maximum absolute atomic E-state index is 5.05. The Kier molecular flexibility index (Phi) is 2.10. The van der Waals surface area contributed by atoms with Crippen LogP contribution in [0, 0.1) is 12.8 Å². The minimum Gasteiger partial charge on any atom is -0.449 e. The number of aryl methyl sites for hydroxylation is 1. The highest BCUT2D eigenvalue weighted by molar-refractivity contribution is 4.95. The minimum atomic E-state index is 0.657. The lowest BCUT2D eigenvalue weighted by Crippen LogP contribution is -1.93. The van der Waals surface area contributed by atoms with Crippen LogP contribution in [0.5, 0.6) is 0 Å². The second kappa shape index (κ2) is 2.86. The first-order valence-electron chi connectivity index (χ1n) is 3.59. The molecule has 0 fully saturated rings. The highest BCUT2D eigenvalue weighted by Crippen LogP contribution is 2.06. The molecule has 1 aromatic heterocycles. The fraction of sp³-hybridized carbons (Fsp3) is 0.625. The van der Waals surface area contributed by atoms with Crippen LogP contribution in [0.15, 0.2) is 10.7 Å². The Balaban J connectivity index is 2.58. The Bertz CT molecular complexity index is 203. The third-order valence-electron chi connectivity index (χ3n) is 1.28. The molecule has 0 amide bonds. The van der Waals surface area contributed by atoms with Crippen molar-refractivity contribution >= 4 is 0 Å². The van der Waals surface area contributed by atoms with Crippen LogP contribution >= 0.6 is 0 Å². The monoisotopic (exact) mass is 139 g/mol. The van der Waals surface area contributed by atoms with Crippen molar-refractivity contribution in [1.29, 1.82) is 0 Å². The first-order valence-corrected chi connectivity index (χ1v) is 3.59. The Hall–Kier alpha value is -0.790. The molecule has 1 aromatic rings. The SMILES string of the molecule is Cc1nc(CC(C)C)co1. The molecule has 0 spiro atoms. The summed E-state index contributed by atoms with van der Waals surface area (Å²) in [5.41, 5.74) is 1.06. The molecule has 0 aliphatic heterocycles.